The number of nitrogens with zero attached hydrogens (tertiary/aromatic N) is 3. The molecule has 2 saturated heterocycles. The topological polar surface area (TPSA) is 96.7 Å². The third kappa shape index (κ3) is 6.23. The number of aliphatic hydroxyl groups excluding tert-OH is 1. The number of aliphatic hydroxyl groups is 1. The van der Waals surface area contributed by atoms with Gasteiger partial charge in [0.1, 0.15) is 23.6 Å². The highest BCUT2D eigenvalue weighted by molar-refractivity contribution is 5.81. The fourth-order valence-corrected chi connectivity index (χ4v) is 5.69. The monoisotopic (exact) mass is 552 g/mol. The molecule has 0 spiro atoms. The molecule has 2 amide bonds. The van der Waals surface area contributed by atoms with E-state index in [4.69, 9.17) is 9.72 Å². The first-order valence-corrected chi connectivity index (χ1v) is 13.7. The zero-order chi connectivity index (χ0) is 28.2. The van der Waals surface area contributed by atoms with Crippen LogP contribution in [0.5, 0.6) is 0 Å². The molecular formula is C30H34F2N4O4. The number of carbonyl (C=O) groups excluding carboxylic acids is 2. The van der Waals surface area contributed by atoms with Crippen LogP contribution in [0.2, 0.25) is 0 Å². The fourth-order valence-electron chi connectivity index (χ4n) is 5.69. The van der Waals surface area contributed by atoms with Crippen LogP contribution in [0.15, 0.2) is 54.7 Å². The lowest BCUT2D eigenvalue weighted by atomic mass is 9.88. The second kappa shape index (κ2) is 12.3. The number of rotatable bonds is 9. The molecule has 5 rings (SSSR count). The molecule has 0 saturated carbocycles. The fraction of sp³-hybridized carbons (Fsp3) is 0.433. The van der Waals surface area contributed by atoms with Gasteiger partial charge in [-0.2, -0.15) is 0 Å². The van der Waals surface area contributed by atoms with Crippen molar-refractivity contribution in [1.82, 2.24) is 19.8 Å². The van der Waals surface area contributed by atoms with E-state index in [9.17, 15) is 23.5 Å². The van der Waals surface area contributed by atoms with Crippen LogP contribution in [-0.4, -0.2) is 63.8 Å². The molecule has 212 valence electrons. The normalized spacial score (nSPS) is 19.3. The minimum Gasteiger partial charge on any atom is -0.384 e. The minimum atomic E-state index is -1.27. The number of ether oxygens (including phenoxy) is 1. The van der Waals surface area contributed by atoms with Crippen LogP contribution in [0.3, 0.4) is 0 Å². The number of aromatic nitrogens is 2. The Balaban J connectivity index is 1.65. The summed E-state index contributed by atoms with van der Waals surface area (Å²) < 4.78 is 36.6. The predicted molar refractivity (Wildman–Crippen MR) is 144 cm³/mol. The van der Waals surface area contributed by atoms with Crippen molar-refractivity contribution in [2.24, 2.45) is 11.8 Å². The van der Waals surface area contributed by atoms with Crippen LogP contribution >= 0.6 is 0 Å². The maximum atomic E-state index is 14.9. The number of hydrogen-bond donors (Lipinski definition) is 2. The van der Waals surface area contributed by atoms with E-state index < -0.39 is 29.7 Å². The zero-order valence-electron chi connectivity index (χ0n) is 22.4. The molecule has 0 aliphatic carbocycles. The third-order valence-electron chi connectivity index (χ3n) is 7.68. The van der Waals surface area contributed by atoms with Crippen molar-refractivity contribution < 1.29 is 28.2 Å². The summed E-state index contributed by atoms with van der Waals surface area (Å²) in [6, 6.07) is 12.3. The molecule has 0 bridgehead atoms. The van der Waals surface area contributed by atoms with Gasteiger partial charge in [0.15, 0.2) is 0 Å². The van der Waals surface area contributed by atoms with Crippen molar-refractivity contribution in [3.8, 4) is 11.3 Å². The Labute approximate surface area is 232 Å². The summed E-state index contributed by atoms with van der Waals surface area (Å²) in [7, 11) is 0. The summed E-state index contributed by atoms with van der Waals surface area (Å²) in [4.78, 5) is 32.1. The van der Waals surface area contributed by atoms with Gasteiger partial charge in [-0.15, -0.1) is 0 Å². The molecule has 2 aliphatic heterocycles. The van der Waals surface area contributed by atoms with Crippen LogP contribution in [-0.2, 0) is 20.9 Å². The first-order chi connectivity index (χ1) is 19.3. The Bertz CT molecular complexity index is 1340. The lowest BCUT2D eigenvalue weighted by Gasteiger charge is -2.40. The van der Waals surface area contributed by atoms with Gasteiger partial charge in [-0.1, -0.05) is 30.3 Å². The van der Waals surface area contributed by atoms with Crippen LogP contribution in [0.1, 0.15) is 43.6 Å². The van der Waals surface area contributed by atoms with E-state index in [2.05, 4.69) is 5.32 Å². The average Bonchev–Trinajstić information content (AvgIpc) is 3.56. The number of halogens is 2. The Kier molecular flexibility index (Phi) is 8.56. The smallest absolute Gasteiger partial charge is 0.251 e. The molecule has 2 fully saturated rings. The molecule has 1 aromatic heterocycles. The van der Waals surface area contributed by atoms with Gasteiger partial charge in [-0.05, 0) is 49.4 Å². The van der Waals surface area contributed by atoms with Crippen LogP contribution < -0.4 is 5.32 Å². The predicted octanol–water partition coefficient (Wildman–Crippen LogP) is 3.69. The molecule has 3 aromatic rings. The lowest BCUT2D eigenvalue weighted by molar-refractivity contribution is -0.145. The maximum absolute atomic E-state index is 14.9. The highest BCUT2D eigenvalue weighted by atomic mass is 19.1. The van der Waals surface area contributed by atoms with E-state index in [1.807, 2.05) is 34.9 Å². The van der Waals surface area contributed by atoms with Gasteiger partial charge in [0, 0.05) is 56.9 Å². The molecule has 3 heterocycles. The van der Waals surface area contributed by atoms with Gasteiger partial charge >= 0.3 is 0 Å². The molecule has 2 N–H and O–H groups in total. The van der Waals surface area contributed by atoms with E-state index in [1.54, 1.807) is 11.1 Å². The van der Waals surface area contributed by atoms with Crippen LogP contribution in [0.25, 0.3) is 11.3 Å². The Morgan fingerprint density at radius 2 is 1.95 bits per heavy atom. The van der Waals surface area contributed by atoms with Crippen molar-refractivity contribution in [3.63, 3.8) is 0 Å². The second-order valence-electron chi connectivity index (χ2n) is 10.7. The standard InChI is InChI=1S/C30H34F2N4O4/c1-19(37)30(39)36(17-21-13-27(38)33-15-21)28(22-9-11-40-12-10-22)29-34-26(24-14-23(31)7-8-25(24)32)18-35(29)16-20-5-3-2-4-6-20/h2-8,14,18-19,21-22,28,37H,9-13,15-17H2,1H3,(H,33,38). The molecule has 2 aliphatic rings. The lowest BCUT2D eigenvalue weighted by Crippen LogP contribution is -2.47. The number of amides is 2. The molecule has 3 unspecified atom stereocenters. The van der Waals surface area contributed by atoms with Crippen molar-refractivity contribution in [2.75, 3.05) is 26.3 Å². The summed E-state index contributed by atoms with van der Waals surface area (Å²) in [5, 5.41) is 13.3. The molecule has 8 nitrogen and oxygen atoms in total. The Hall–Kier alpha value is -3.63. The highest BCUT2D eigenvalue weighted by Crippen LogP contribution is 2.38. The zero-order valence-corrected chi connectivity index (χ0v) is 22.4. The average molecular weight is 553 g/mol. The molecule has 0 radical (unpaired) electrons. The molecule has 2 aromatic carbocycles. The number of carbonyl (C=O) groups is 2. The molecule has 3 atom stereocenters. The van der Waals surface area contributed by atoms with E-state index in [0.717, 1.165) is 23.8 Å². The molecule has 40 heavy (non-hydrogen) atoms. The van der Waals surface area contributed by atoms with Crippen molar-refractivity contribution in [1.29, 1.82) is 0 Å². The van der Waals surface area contributed by atoms with Gasteiger partial charge in [-0.25, -0.2) is 13.8 Å². The summed E-state index contributed by atoms with van der Waals surface area (Å²) in [6.07, 6.45) is 2.00. The number of nitrogens with one attached hydrogen (secondary N) is 1. The van der Waals surface area contributed by atoms with E-state index in [0.29, 0.717) is 45.0 Å². The van der Waals surface area contributed by atoms with E-state index in [1.165, 1.54) is 6.92 Å². The van der Waals surface area contributed by atoms with Gasteiger partial charge in [0.2, 0.25) is 5.91 Å². The molecule has 10 heteroatoms. The largest absolute Gasteiger partial charge is 0.384 e. The van der Waals surface area contributed by atoms with Crippen LogP contribution in [0, 0.1) is 23.5 Å². The summed E-state index contributed by atoms with van der Waals surface area (Å²) >= 11 is 0. The summed E-state index contributed by atoms with van der Waals surface area (Å²) in [5.41, 5.74) is 1.25. The van der Waals surface area contributed by atoms with Crippen molar-refractivity contribution in [3.05, 3.63) is 77.8 Å². The molecular weight excluding hydrogens is 518 g/mol. The van der Waals surface area contributed by atoms with Gasteiger partial charge in [-0.3, -0.25) is 9.59 Å². The third-order valence-corrected chi connectivity index (χ3v) is 7.68. The van der Waals surface area contributed by atoms with E-state index >= 15 is 0 Å². The number of imidazole rings is 1. The minimum absolute atomic E-state index is 0.0257. The maximum Gasteiger partial charge on any atom is 0.251 e. The number of hydrogen-bond acceptors (Lipinski definition) is 5. The van der Waals surface area contributed by atoms with Gasteiger partial charge in [0.05, 0.1) is 11.7 Å². The Morgan fingerprint density at radius 3 is 2.62 bits per heavy atom. The second-order valence-corrected chi connectivity index (χ2v) is 10.7. The van der Waals surface area contributed by atoms with Gasteiger partial charge < -0.3 is 24.6 Å². The van der Waals surface area contributed by atoms with E-state index in [-0.39, 0.29) is 42.0 Å². The summed E-state index contributed by atoms with van der Waals surface area (Å²) in [6.45, 7) is 3.50. The van der Waals surface area contributed by atoms with Crippen LogP contribution in [0.4, 0.5) is 8.78 Å². The number of benzene rings is 2. The summed E-state index contributed by atoms with van der Waals surface area (Å²) in [5.74, 6) is -1.41. The quantitative estimate of drug-likeness (QED) is 0.422. The van der Waals surface area contributed by atoms with Crippen molar-refractivity contribution >= 4 is 11.8 Å². The van der Waals surface area contributed by atoms with Crippen molar-refractivity contribution in [2.45, 2.75) is 44.9 Å². The van der Waals surface area contributed by atoms with Gasteiger partial charge in [0.25, 0.3) is 5.91 Å². The Morgan fingerprint density at radius 1 is 1.20 bits per heavy atom. The first kappa shape index (κ1) is 27.9. The SMILES string of the molecule is CC(O)C(=O)N(CC1CNC(=O)C1)C(c1nc(-c2cc(F)ccc2F)cn1Cc1ccccc1)C1CCOCC1. The highest BCUT2D eigenvalue weighted by Gasteiger charge is 2.40. The first-order valence-electron chi connectivity index (χ1n) is 13.7.